The van der Waals surface area contributed by atoms with Crippen molar-refractivity contribution in [2.24, 2.45) is 0 Å². The summed E-state index contributed by atoms with van der Waals surface area (Å²) < 4.78 is 15.1. The van der Waals surface area contributed by atoms with Crippen molar-refractivity contribution < 1.29 is 14.0 Å². The highest BCUT2D eigenvalue weighted by Gasteiger charge is 2.48. The lowest BCUT2D eigenvalue weighted by atomic mass is 10.0. The van der Waals surface area contributed by atoms with Crippen LogP contribution in [0.3, 0.4) is 0 Å². The second-order valence-electron chi connectivity index (χ2n) is 14.1. The van der Waals surface area contributed by atoms with Gasteiger partial charge in [-0.15, -0.1) is 0 Å². The standard InChI is InChI=1S/C37H48Cl2N6O3Si/c1-21(2)49(22(3)4,23(5)6)48-20-25(8)44-33-31(41-34(44)29-19-40-37(43(9)10)42-35(29)47-11)36(46)45(30-18-28(39)15-12-24(30)7)32(33)26-13-16-27(38)17-14-26/h12-19,21-23,25,32H,20H2,1-11H3/t25-,32?/m1/s1. The van der Waals surface area contributed by atoms with E-state index in [1.54, 1.807) is 18.2 Å². The first-order valence-electron chi connectivity index (χ1n) is 16.8. The van der Waals surface area contributed by atoms with Crippen LogP contribution in [0.2, 0.25) is 26.7 Å². The number of fused-ring (bicyclic) bond motifs is 1. The van der Waals surface area contributed by atoms with Gasteiger partial charge in [-0.1, -0.05) is 82.9 Å². The fourth-order valence-electron chi connectivity index (χ4n) is 7.62. The van der Waals surface area contributed by atoms with Crippen molar-refractivity contribution in [3.63, 3.8) is 0 Å². The quantitative estimate of drug-likeness (QED) is 0.135. The Kier molecular flexibility index (Phi) is 10.8. The van der Waals surface area contributed by atoms with Crippen LogP contribution >= 0.6 is 23.2 Å². The van der Waals surface area contributed by atoms with Gasteiger partial charge < -0.3 is 18.6 Å². The number of carbonyl (C=O) groups is 1. The lowest BCUT2D eigenvalue weighted by molar-refractivity contribution is 0.0989. The predicted molar refractivity (Wildman–Crippen MR) is 202 cm³/mol. The van der Waals surface area contributed by atoms with Crippen molar-refractivity contribution in [2.75, 3.05) is 37.6 Å². The minimum Gasteiger partial charge on any atom is -0.480 e. The second-order valence-corrected chi connectivity index (χ2v) is 20.4. The number of hydrogen-bond acceptors (Lipinski definition) is 7. The first-order chi connectivity index (χ1) is 23.1. The lowest BCUT2D eigenvalue weighted by Gasteiger charge is -2.43. The van der Waals surface area contributed by atoms with E-state index in [4.69, 9.17) is 37.3 Å². The average Bonchev–Trinajstić information content (AvgIpc) is 3.56. The summed E-state index contributed by atoms with van der Waals surface area (Å²) in [5.41, 5.74) is 5.43. The largest absolute Gasteiger partial charge is 0.480 e. The molecule has 49 heavy (non-hydrogen) atoms. The third-order valence-corrected chi connectivity index (χ3v) is 16.4. The molecule has 1 amide bonds. The van der Waals surface area contributed by atoms with Gasteiger partial charge in [0.05, 0.1) is 31.0 Å². The Hall–Kier alpha value is -3.44. The molecule has 262 valence electrons. The normalized spacial score (nSPS) is 15.5. The Morgan fingerprint density at radius 2 is 1.53 bits per heavy atom. The molecule has 0 N–H and O–H groups in total. The number of halogens is 2. The van der Waals surface area contributed by atoms with Crippen molar-refractivity contribution in [2.45, 2.75) is 84.1 Å². The molecule has 1 aliphatic heterocycles. The van der Waals surface area contributed by atoms with E-state index in [9.17, 15) is 4.79 Å². The highest BCUT2D eigenvalue weighted by molar-refractivity contribution is 6.77. The Morgan fingerprint density at radius 1 is 0.918 bits per heavy atom. The molecule has 12 heteroatoms. The molecule has 1 unspecified atom stereocenters. The van der Waals surface area contributed by atoms with E-state index in [1.807, 2.05) is 68.4 Å². The molecule has 4 aromatic rings. The van der Waals surface area contributed by atoms with E-state index in [1.165, 1.54) is 0 Å². The first kappa shape index (κ1) is 36.8. The van der Waals surface area contributed by atoms with Gasteiger partial charge >= 0.3 is 0 Å². The van der Waals surface area contributed by atoms with Crippen molar-refractivity contribution in [1.82, 2.24) is 19.5 Å². The van der Waals surface area contributed by atoms with E-state index in [2.05, 4.69) is 63.0 Å². The molecule has 0 bridgehead atoms. The number of aryl methyl sites for hydroxylation is 1. The minimum absolute atomic E-state index is 0.226. The van der Waals surface area contributed by atoms with Crippen LogP contribution in [-0.2, 0) is 4.43 Å². The molecule has 2 aromatic heterocycles. The summed E-state index contributed by atoms with van der Waals surface area (Å²) in [4.78, 5) is 32.7. The van der Waals surface area contributed by atoms with Crippen molar-refractivity contribution >= 4 is 49.1 Å². The summed E-state index contributed by atoms with van der Waals surface area (Å²) in [5.74, 6) is 1.18. The van der Waals surface area contributed by atoms with Crippen LogP contribution in [-0.4, -0.2) is 61.6 Å². The van der Waals surface area contributed by atoms with Crippen LogP contribution in [0.4, 0.5) is 11.6 Å². The van der Waals surface area contributed by atoms with Crippen LogP contribution in [0.15, 0.2) is 48.7 Å². The smallest absolute Gasteiger partial charge is 0.279 e. The number of carbonyl (C=O) groups excluding carboxylic acids is 1. The SMILES string of the molecule is COc1nc(N(C)C)ncc1-c1nc2c(n1[C@H](C)CO[Si](C(C)C)(C(C)C)C(C)C)C(c1ccc(Cl)cc1)N(c1cc(Cl)ccc1C)C2=O. The topological polar surface area (TPSA) is 85.6 Å². The molecule has 0 spiro atoms. The van der Waals surface area contributed by atoms with Gasteiger partial charge in [-0.3, -0.25) is 9.69 Å². The van der Waals surface area contributed by atoms with Gasteiger partial charge in [0.1, 0.15) is 11.9 Å². The van der Waals surface area contributed by atoms with Crippen LogP contribution in [0.1, 0.15) is 87.9 Å². The van der Waals surface area contributed by atoms with Crippen LogP contribution in [0, 0.1) is 6.92 Å². The number of anilines is 2. The van der Waals surface area contributed by atoms with Crippen molar-refractivity contribution in [3.8, 4) is 17.3 Å². The summed E-state index contributed by atoms with van der Waals surface area (Å²) in [5, 5.41) is 1.15. The fraction of sp³-hybridized carbons (Fsp3) is 0.459. The van der Waals surface area contributed by atoms with Crippen molar-refractivity contribution in [1.29, 1.82) is 0 Å². The number of ether oxygens (including phenoxy) is 1. The minimum atomic E-state index is -2.24. The van der Waals surface area contributed by atoms with Crippen molar-refractivity contribution in [3.05, 3.63) is 81.2 Å². The Morgan fingerprint density at radius 3 is 2.10 bits per heavy atom. The molecule has 5 rings (SSSR count). The van der Waals surface area contributed by atoms with E-state index >= 15 is 0 Å². The van der Waals surface area contributed by atoms with Gasteiger partial charge in [0, 0.05) is 36.0 Å². The maximum absolute atomic E-state index is 14.7. The average molecular weight is 724 g/mol. The summed E-state index contributed by atoms with van der Waals surface area (Å²) in [6, 6.07) is 12.5. The highest BCUT2D eigenvalue weighted by Crippen LogP contribution is 2.48. The maximum atomic E-state index is 14.7. The Balaban J connectivity index is 1.78. The molecule has 2 atom stereocenters. The number of hydrogen-bond donors (Lipinski definition) is 0. The van der Waals surface area contributed by atoms with E-state index in [0.29, 0.717) is 62.2 Å². The maximum Gasteiger partial charge on any atom is 0.279 e. The van der Waals surface area contributed by atoms with Gasteiger partial charge in [-0.25, -0.2) is 9.97 Å². The Labute approximate surface area is 301 Å². The monoisotopic (exact) mass is 722 g/mol. The summed E-state index contributed by atoms with van der Waals surface area (Å²) in [6.07, 6.45) is 1.72. The molecule has 0 saturated carbocycles. The number of rotatable bonds is 12. The number of nitrogens with zero attached hydrogens (tertiary/aromatic N) is 6. The third kappa shape index (κ3) is 6.60. The lowest BCUT2D eigenvalue weighted by Crippen LogP contribution is -2.48. The van der Waals surface area contributed by atoms with Gasteiger partial charge in [-0.2, -0.15) is 4.98 Å². The molecule has 0 fully saturated rings. The molecule has 3 heterocycles. The molecule has 2 aromatic carbocycles. The molecular formula is C37H48Cl2N6O3Si. The van der Waals surface area contributed by atoms with Gasteiger partial charge in [0.2, 0.25) is 11.8 Å². The van der Waals surface area contributed by atoms with Crippen LogP contribution < -0.4 is 14.5 Å². The van der Waals surface area contributed by atoms with Gasteiger partial charge in [0.15, 0.2) is 14.0 Å². The van der Waals surface area contributed by atoms with E-state index in [-0.39, 0.29) is 11.9 Å². The molecule has 1 aliphatic rings. The molecule has 0 aliphatic carbocycles. The molecule has 0 radical (unpaired) electrons. The van der Waals surface area contributed by atoms with E-state index < -0.39 is 14.4 Å². The van der Waals surface area contributed by atoms with E-state index in [0.717, 1.165) is 22.5 Å². The molecule has 0 saturated heterocycles. The molecule has 9 nitrogen and oxygen atoms in total. The summed E-state index contributed by atoms with van der Waals surface area (Å²) in [6.45, 7) is 18.2. The zero-order chi connectivity index (χ0) is 35.9. The zero-order valence-electron chi connectivity index (χ0n) is 30.4. The molecular weight excluding hydrogens is 675 g/mol. The number of imidazole rings is 1. The Bertz CT molecular complexity index is 1800. The van der Waals surface area contributed by atoms with Gasteiger partial charge in [-0.05, 0) is 65.9 Å². The highest BCUT2D eigenvalue weighted by atomic mass is 35.5. The zero-order valence-corrected chi connectivity index (χ0v) is 32.9. The predicted octanol–water partition coefficient (Wildman–Crippen LogP) is 9.53. The number of benzene rings is 2. The fourth-order valence-corrected chi connectivity index (χ4v) is 13.4. The summed E-state index contributed by atoms with van der Waals surface area (Å²) >= 11 is 12.9. The number of methoxy groups -OCH3 is 1. The third-order valence-electron chi connectivity index (χ3n) is 9.80. The number of amides is 1. The number of aromatic nitrogens is 4. The summed E-state index contributed by atoms with van der Waals surface area (Å²) in [7, 11) is 3.09. The second kappa shape index (κ2) is 14.4. The van der Waals surface area contributed by atoms with Crippen LogP contribution in [0.25, 0.3) is 11.4 Å². The van der Waals surface area contributed by atoms with Crippen LogP contribution in [0.5, 0.6) is 5.88 Å². The first-order valence-corrected chi connectivity index (χ1v) is 19.7. The van der Waals surface area contributed by atoms with Gasteiger partial charge in [0.25, 0.3) is 5.91 Å².